The molecule has 0 saturated heterocycles. The van der Waals surface area contributed by atoms with E-state index in [1.54, 1.807) is 0 Å². The number of halogens is 2. The number of carbonyl (C=O) groups excluding carboxylic acids is 1. The number of hydrogen-bond acceptors (Lipinski definition) is 3. The number of aryl methyl sites for hydroxylation is 1. The van der Waals surface area contributed by atoms with E-state index in [0.29, 0.717) is 0 Å². The Hall–Kier alpha value is -2.02. The van der Waals surface area contributed by atoms with Gasteiger partial charge in [0.15, 0.2) is 6.04 Å². The van der Waals surface area contributed by atoms with Crippen molar-refractivity contribution >= 4 is 11.9 Å². The van der Waals surface area contributed by atoms with Gasteiger partial charge in [-0.2, -0.15) is 0 Å². The zero-order valence-electron chi connectivity index (χ0n) is 9.41. The predicted octanol–water partition coefficient (Wildman–Crippen LogP) is 0.449. The third-order valence-corrected chi connectivity index (χ3v) is 2.30. The Morgan fingerprint density at radius 2 is 2.00 bits per heavy atom. The first-order chi connectivity index (χ1) is 8.38. The highest BCUT2D eigenvalue weighted by Crippen LogP contribution is 2.16. The van der Waals surface area contributed by atoms with Gasteiger partial charge in [-0.3, -0.25) is 4.79 Å². The molecule has 1 atom stereocenters. The number of carboxylic acids is 1. The minimum atomic E-state index is -1.61. The molecule has 0 aliphatic heterocycles. The fourth-order valence-electron chi connectivity index (χ4n) is 1.28. The second-order valence-electron chi connectivity index (χ2n) is 3.60. The van der Waals surface area contributed by atoms with E-state index in [4.69, 9.17) is 10.2 Å². The van der Waals surface area contributed by atoms with Crippen molar-refractivity contribution in [2.45, 2.75) is 13.0 Å². The number of amides is 1. The summed E-state index contributed by atoms with van der Waals surface area (Å²) < 4.78 is 26.9. The van der Waals surface area contributed by atoms with E-state index >= 15 is 0 Å². The van der Waals surface area contributed by atoms with Gasteiger partial charge in [-0.25, -0.2) is 13.6 Å². The first-order valence-corrected chi connectivity index (χ1v) is 4.97. The third kappa shape index (κ3) is 2.80. The van der Waals surface area contributed by atoms with Crippen LogP contribution in [0.25, 0.3) is 0 Å². The predicted molar refractivity (Wildman–Crippen MR) is 57.1 cm³/mol. The lowest BCUT2D eigenvalue weighted by atomic mass is 10.1. The number of nitrogens with one attached hydrogen (secondary N) is 1. The van der Waals surface area contributed by atoms with Crippen molar-refractivity contribution in [2.24, 2.45) is 0 Å². The third-order valence-electron chi connectivity index (χ3n) is 2.30. The molecule has 0 saturated carbocycles. The van der Waals surface area contributed by atoms with E-state index in [0.717, 1.165) is 12.1 Å². The minimum Gasteiger partial charge on any atom is -0.480 e. The van der Waals surface area contributed by atoms with Gasteiger partial charge in [-0.1, -0.05) is 6.07 Å². The van der Waals surface area contributed by atoms with Crippen LogP contribution in [0.3, 0.4) is 0 Å². The summed E-state index contributed by atoms with van der Waals surface area (Å²) in [5.74, 6) is -4.89. The van der Waals surface area contributed by atoms with Crippen LogP contribution in [0.5, 0.6) is 0 Å². The number of hydrogen-bond donors (Lipinski definition) is 3. The zero-order valence-corrected chi connectivity index (χ0v) is 9.41. The minimum absolute atomic E-state index is 0.0532. The molecule has 0 radical (unpaired) electrons. The standard InChI is InChI=1S/C11H11F2NO4/c1-5-2-3-6(12)8(9(5)13)10(16)14-7(4-15)11(17)18/h2-3,7,15H,4H2,1H3,(H,14,16)(H,17,18). The van der Waals surface area contributed by atoms with Gasteiger partial charge in [-0.15, -0.1) is 0 Å². The van der Waals surface area contributed by atoms with E-state index in [9.17, 15) is 18.4 Å². The molecular formula is C11H11F2NO4. The smallest absolute Gasteiger partial charge is 0.328 e. The molecule has 1 rings (SSSR count). The van der Waals surface area contributed by atoms with E-state index < -0.39 is 41.7 Å². The fraction of sp³-hybridized carbons (Fsp3) is 0.273. The van der Waals surface area contributed by atoms with E-state index in [-0.39, 0.29) is 5.56 Å². The summed E-state index contributed by atoms with van der Waals surface area (Å²) in [7, 11) is 0. The molecule has 1 aromatic rings. The Morgan fingerprint density at radius 3 is 2.50 bits per heavy atom. The van der Waals surface area contributed by atoms with Gasteiger partial charge < -0.3 is 15.5 Å². The van der Waals surface area contributed by atoms with E-state index in [2.05, 4.69) is 0 Å². The van der Waals surface area contributed by atoms with E-state index in [1.807, 2.05) is 5.32 Å². The van der Waals surface area contributed by atoms with Crippen LogP contribution in [0.2, 0.25) is 0 Å². The molecule has 1 unspecified atom stereocenters. The topological polar surface area (TPSA) is 86.6 Å². The van der Waals surface area contributed by atoms with Crippen LogP contribution in [-0.4, -0.2) is 34.7 Å². The monoisotopic (exact) mass is 259 g/mol. The molecule has 0 fully saturated rings. The van der Waals surface area contributed by atoms with Gasteiger partial charge in [-0.05, 0) is 18.6 Å². The average molecular weight is 259 g/mol. The van der Waals surface area contributed by atoms with Gasteiger partial charge in [0.25, 0.3) is 5.91 Å². The quantitative estimate of drug-likeness (QED) is 0.732. The maximum Gasteiger partial charge on any atom is 0.328 e. The van der Waals surface area contributed by atoms with Crippen LogP contribution < -0.4 is 5.32 Å². The van der Waals surface area contributed by atoms with Crippen molar-refractivity contribution in [1.29, 1.82) is 0 Å². The second kappa shape index (κ2) is 5.54. The molecule has 5 nitrogen and oxygen atoms in total. The molecule has 18 heavy (non-hydrogen) atoms. The zero-order chi connectivity index (χ0) is 13.9. The molecule has 1 aromatic carbocycles. The molecule has 0 bridgehead atoms. The summed E-state index contributed by atoms with van der Waals surface area (Å²) in [6.45, 7) is 0.461. The van der Waals surface area contributed by atoms with Crippen LogP contribution in [0.4, 0.5) is 8.78 Å². The van der Waals surface area contributed by atoms with Gasteiger partial charge in [0.1, 0.15) is 17.2 Å². The molecule has 7 heteroatoms. The summed E-state index contributed by atoms with van der Waals surface area (Å²) in [5.41, 5.74) is -0.813. The fourth-order valence-corrected chi connectivity index (χ4v) is 1.28. The van der Waals surface area contributed by atoms with Gasteiger partial charge in [0.05, 0.1) is 6.61 Å². The molecular weight excluding hydrogens is 248 g/mol. The summed E-state index contributed by atoms with van der Waals surface area (Å²) in [5, 5.41) is 19.1. The first-order valence-electron chi connectivity index (χ1n) is 4.97. The number of carboxylic acid groups (broad SMARTS) is 1. The van der Waals surface area contributed by atoms with Crippen LogP contribution >= 0.6 is 0 Å². The van der Waals surface area contributed by atoms with Crippen LogP contribution in [0.1, 0.15) is 15.9 Å². The Bertz CT molecular complexity index is 490. The lowest BCUT2D eigenvalue weighted by Crippen LogP contribution is -2.43. The molecule has 0 heterocycles. The lowest BCUT2D eigenvalue weighted by Gasteiger charge is -2.13. The number of carbonyl (C=O) groups is 2. The maximum absolute atomic E-state index is 13.6. The summed E-state index contributed by atoms with van der Waals surface area (Å²) in [4.78, 5) is 22.1. The number of rotatable bonds is 4. The Labute approximate surface area is 101 Å². The highest BCUT2D eigenvalue weighted by atomic mass is 19.1. The molecule has 0 aliphatic rings. The molecule has 98 valence electrons. The summed E-state index contributed by atoms with van der Waals surface area (Å²) in [6.07, 6.45) is 0. The van der Waals surface area contributed by atoms with Crippen molar-refractivity contribution in [1.82, 2.24) is 5.32 Å². The largest absolute Gasteiger partial charge is 0.480 e. The SMILES string of the molecule is Cc1ccc(F)c(C(=O)NC(CO)C(=O)O)c1F. The van der Waals surface area contributed by atoms with Crippen LogP contribution in [-0.2, 0) is 4.79 Å². The summed E-state index contributed by atoms with van der Waals surface area (Å²) >= 11 is 0. The van der Waals surface area contributed by atoms with Crippen LogP contribution in [0, 0.1) is 18.6 Å². The van der Waals surface area contributed by atoms with Gasteiger partial charge in [0, 0.05) is 0 Å². The summed E-state index contributed by atoms with van der Waals surface area (Å²) in [6, 6.07) is 0.446. The van der Waals surface area contributed by atoms with Crippen molar-refractivity contribution < 1.29 is 28.6 Å². The van der Waals surface area contributed by atoms with Crippen molar-refractivity contribution in [3.8, 4) is 0 Å². The van der Waals surface area contributed by atoms with Crippen molar-refractivity contribution in [3.63, 3.8) is 0 Å². The number of benzene rings is 1. The van der Waals surface area contributed by atoms with Crippen LogP contribution in [0.15, 0.2) is 12.1 Å². The Morgan fingerprint density at radius 1 is 1.39 bits per heavy atom. The Kier molecular flexibility index (Phi) is 4.33. The van der Waals surface area contributed by atoms with Gasteiger partial charge >= 0.3 is 5.97 Å². The number of aliphatic hydroxyl groups is 1. The van der Waals surface area contributed by atoms with Crippen molar-refractivity contribution in [2.75, 3.05) is 6.61 Å². The van der Waals surface area contributed by atoms with Crippen molar-refractivity contribution in [3.05, 3.63) is 34.9 Å². The second-order valence-corrected chi connectivity index (χ2v) is 3.60. The van der Waals surface area contributed by atoms with Gasteiger partial charge in [0.2, 0.25) is 0 Å². The molecule has 1 amide bonds. The normalized spacial score (nSPS) is 12.0. The number of aliphatic carboxylic acids is 1. The van der Waals surface area contributed by atoms with E-state index in [1.165, 1.54) is 6.92 Å². The molecule has 0 aromatic heterocycles. The Balaban J connectivity index is 3.05. The molecule has 3 N–H and O–H groups in total. The highest BCUT2D eigenvalue weighted by Gasteiger charge is 2.24. The molecule has 0 aliphatic carbocycles. The first kappa shape index (κ1) is 14.0. The lowest BCUT2D eigenvalue weighted by molar-refractivity contribution is -0.140. The maximum atomic E-state index is 13.6. The highest BCUT2D eigenvalue weighted by molar-refractivity contribution is 5.97. The molecule has 0 spiro atoms. The number of aliphatic hydroxyl groups excluding tert-OH is 1. The average Bonchev–Trinajstić information content (AvgIpc) is 2.31.